The van der Waals surface area contributed by atoms with E-state index in [9.17, 15) is 14.0 Å². The Morgan fingerprint density at radius 1 is 1.14 bits per heavy atom. The van der Waals surface area contributed by atoms with Crippen LogP contribution in [0.25, 0.3) is 0 Å². The molecule has 0 aliphatic heterocycles. The molecule has 0 aliphatic rings. The highest BCUT2D eigenvalue weighted by atomic mass is 35.5. The normalized spacial score (nSPS) is 10.7. The minimum Gasteiger partial charge on any atom is -0.483 e. The molecule has 158 valence electrons. The summed E-state index contributed by atoms with van der Waals surface area (Å²) in [5.74, 6) is -0.999. The van der Waals surface area contributed by atoms with Crippen molar-refractivity contribution in [1.82, 2.24) is 4.90 Å². The van der Waals surface area contributed by atoms with Gasteiger partial charge in [-0.15, -0.1) is 12.4 Å². The molecule has 0 saturated carbocycles. The van der Waals surface area contributed by atoms with Crippen molar-refractivity contribution in [2.24, 2.45) is 11.1 Å². The van der Waals surface area contributed by atoms with Crippen molar-refractivity contribution in [2.45, 2.75) is 13.8 Å². The van der Waals surface area contributed by atoms with Crippen molar-refractivity contribution in [3.8, 4) is 5.75 Å². The van der Waals surface area contributed by atoms with Gasteiger partial charge in [-0.25, -0.2) is 4.39 Å². The van der Waals surface area contributed by atoms with Gasteiger partial charge in [0.2, 0.25) is 0 Å². The maximum absolute atomic E-state index is 13.6. The largest absolute Gasteiger partial charge is 0.483 e. The van der Waals surface area contributed by atoms with Crippen LogP contribution in [0.4, 0.5) is 10.1 Å². The number of nitrogens with one attached hydrogen (secondary N) is 1. The maximum atomic E-state index is 13.6. The zero-order chi connectivity index (χ0) is 20.7. The summed E-state index contributed by atoms with van der Waals surface area (Å²) < 4.78 is 19.2. The molecule has 0 fully saturated rings. The summed E-state index contributed by atoms with van der Waals surface area (Å²) in [7, 11) is 1.70. The number of nitrogens with zero attached hydrogens (tertiary/aromatic N) is 1. The first kappa shape index (κ1) is 24.4. The number of anilines is 1. The van der Waals surface area contributed by atoms with E-state index in [1.165, 1.54) is 18.2 Å². The third kappa shape index (κ3) is 7.03. The highest BCUT2D eigenvalue weighted by Gasteiger charge is 2.24. The molecule has 0 spiro atoms. The number of carbonyl (C=O) groups excluding carboxylic acids is 2. The Bertz CT molecular complexity index is 845. The SMILES string of the molecule is CN(CC(C)(C)CN)C(=O)c1ccccc1OCC(=O)Nc1ccccc1F.Cl. The van der Waals surface area contributed by atoms with Crippen LogP contribution in [0.15, 0.2) is 48.5 Å². The molecule has 6 nitrogen and oxygen atoms in total. The second-order valence-electron chi connectivity index (χ2n) is 7.34. The maximum Gasteiger partial charge on any atom is 0.262 e. The Labute approximate surface area is 176 Å². The molecule has 2 aromatic rings. The Morgan fingerprint density at radius 3 is 2.41 bits per heavy atom. The fraction of sp³-hybridized carbons (Fsp3) is 0.333. The summed E-state index contributed by atoms with van der Waals surface area (Å²) in [6.45, 7) is 4.53. The first-order chi connectivity index (χ1) is 13.2. The lowest BCUT2D eigenvalue weighted by atomic mass is 9.93. The van der Waals surface area contributed by atoms with E-state index in [1.807, 2.05) is 13.8 Å². The summed E-state index contributed by atoms with van der Waals surface area (Å²) in [4.78, 5) is 26.4. The number of amides is 2. The van der Waals surface area contributed by atoms with Crippen LogP contribution in [0.5, 0.6) is 5.75 Å². The van der Waals surface area contributed by atoms with Gasteiger partial charge in [0.15, 0.2) is 6.61 Å². The number of rotatable bonds is 8. The molecule has 0 aliphatic carbocycles. The van der Waals surface area contributed by atoms with Crippen molar-refractivity contribution >= 4 is 29.9 Å². The zero-order valence-electron chi connectivity index (χ0n) is 16.8. The molecule has 2 aromatic carbocycles. The van der Waals surface area contributed by atoms with Gasteiger partial charge in [-0.2, -0.15) is 0 Å². The van der Waals surface area contributed by atoms with E-state index in [2.05, 4.69) is 5.32 Å². The highest BCUT2D eigenvalue weighted by molar-refractivity contribution is 5.97. The fourth-order valence-corrected chi connectivity index (χ4v) is 2.65. The lowest BCUT2D eigenvalue weighted by Gasteiger charge is -2.29. The summed E-state index contributed by atoms with van der Waals surface area (Å²) in [6.07, 6.45) is 0. The smallest absolute Gasteiger partial charge is 0.262 e. The van der Waals surface area contributed by atoms with Gasteiger partial charge in [0.05, 0.1) is 11.3 Å². The van der Waals surface area contributed by atoms with Gasteiger partial charge >= 0.3 is 0 Å². The zero-order valence-corrected chi connectivity index (χ0v) is 17.6. The lowest BCUT2D eigenvalue weighted by Crippen LogP contribution is -2.39. The number of carbonyl (C=O) groups is 2. The first-order valence-electron chi connectivity index (χ1n) is 8.95. The van der Waals surface area contributed by atoms with Crippen molar-refractivity contribution < 1.29 is 18.7 Å². The van der Waals surface area contributed by atoms with Crippen molar-refractivity contribution in [1.29, 1.82) is 0 Å². The third-order valence-electron chi connectivity index (χ3n) is 4.19. The number of hydrogen-bond donors (Lipinski definition) is 2. The lowest BCUT2D eigenvalue weighted by molar-refractivity contribution is -0.118. The predicted molar refractivity (Wildman–Crippen MR) is 114 cm³/mol. The molecule has 0 heterocycles. The quantitative estimate of drug-likeness (QED) is 0.682. The van der Waals surface area contributed by atoms with Gasteiger partial charge < -0.3 is 20.7 Å². The van der Waals surface area contributed by atoms with Crippen LogP contribution in [0, 0.1) is 11.2 Å². The van der Waals surface area contributed by atoms with Crippen LogP contribution in [-0.2, 0) is 4.79 Å². The highest BCUT2D eigenvalue weighted by Crippen LogP contribution is 2.22. The van der Waals surface area contributed by atoms with Crippen LogP contribution < -0.4 is 15.8 Å². The molecular weight excluding hydrogens is 397 g/mol. The van der Waals surface area contributed by atoms with E-state index in [0.29, 0.717) is 18.7 Å². The summed E-state index contributed by atoms with van der Waals surface area (Å²) in [5.41, 5.74) is 5.94. The minimum absolute atomic E-state index is 0. The van der Waals surface area contributed by atoms with Crippen molar-refractivity contribution in [3.63, 3.8) is 0 Å². The Morgan fingerprint density at radius 2 is 1.76 bits per heavy atom. The summed E-state index contributed by atoms with van der Waals surface area (Å²) >= 11 is 0. The summed E-state index contributed by atoms with van der Waals surface area (Å²) in [6, 6.07) is 12.6. The molecule has 8 heteroatoms. The average Bonchev–Trinajstić information content (AvgIpc) is 2.67. The molecule has 2 amide bonds. The van der Waals surface area contributed by atoms with Gasteiger partial charge in [0, 0.05) is 13.6 Å². The van der Waals surface area contributed by atoms with E-state index in [1.54, 1.807) is 42.3 Å². The second-order valence-corrected chi connectivity index (χ2v) is 7.34. The van der Waals surface area contributed by atoms with Crippen LogP contribution in [0.3, 0.4) is 0 Å². The number of halogens is 2. The number of hydrogen-bond acceptors (Lipinski definition) is 4. The van der Waals surface area contributed by atoms with Crippen LogP contribution in [0.1, 0.15) is 24.2 Å². The molecule has 0 aromatic heterocycles. The molecular formula is C21H27ClFN3O3. The molecule has 0 atom stereocenters. The Hall–Kier alpha value is -2.64. The van der Waals surface area contributed by atoms with Crippen molar-refractivity contribution in [3.05, 3.63) is 59.9 Å². The number of benzene rings is 2. The molecule has 0 saturated heterocycles. The Kier molecular flexibility index (Phi) is 9.07. The van der Waals surface area contributed by atoms with Crippen LogP contribution in [-0.4, -0.2) is 43.5 Å². The van der Waals surface area contributed by atoms with Gasteiger partial charge in [-0.3, -0.25) is 9.59 Å². The minimum atomic E-state index is -0.532. The topological polar surface area (TPSA) is 84.7 Å². The molecule has 0 radical (unpaired) electrons. The van der Waals surface area contributed by atoms with E-state index in [-0.39, 0.29) is 41.8 Å². The first-order valence-corrected chi connectivity index (χ1v) is 8.95. The van der Waals surface area contributed by atoms with Gasteiger partial charge in [0.25, 0.3) is 11.8 Å². The predicted octanol–water partition coefficient (Wildman–Crippen LogP) is 3.32. The number of ether oxygens (including phenoxy) is 1. The van der Waals surface area contributed by atoms with Gasteiger partial charge in [-0.05, 0) is 36.2 Å². The van der Waals surface area contributed by atoms with Gasteiger partial charge in [-0.1, -0.05) is 38.1 Å². The number of nitrogens with two attached hydrogens (primary N) is 1. The van der Waals surface area contributed by atoms with Gasteiger partial charge in [0.1, 0.15) is 11.6 Å². The molecule has 0 bridgehead atoms. The summed E-state index contributed by atoms with van der Waals surface area (Å²) in [5, 5.41) is 2.44. The van der Waals surface area contributed by atoms with Crippen LogP contribution >= 0.6 is 12.4 Å². The van der Waals surface area contributed by atoms with E-state index in [4.69, 9.17) is 10.5 Å². The second kappa shape index (κ2) is 10.8. The fourth-order valence-electron chi connectivity index (χ4n) is 2.65. The van der Waals surface area contributed by atoms with E-state index in [0.717, 1.165) is 0 Å². The average molecular weight is 424 g/mol. The monoisotopic (exact) mass is 423 g/mol. The van der Waals surface area contributed by atoms with E-state index < -0.39 is 11.7 Å². The standard InChI is InChI=1S/C21H26FN3O3.ClH/c1-21(2,13-23)14-25(3)20(27)15-8-4-7-11-18(15)28-12-19(26)24-17-10-6-5-9-16(17)22;/h4-11H,12-14,23H2,1-3H3,(H,24,26);1H. The van der Waals surface area contributed by atoms with Crippen molar-refractivity contribution in [2.75, 3.05) is 32.1 Å². The van der Waals surface area contributed by atoms with Crippen LogP contribution in [0.2, 0.25) is 0 Å². The third-order valence-corrected chi connectivity index (χ3v) is 4.19. The number of para-hydroxylation sites is 2. The molecule has 29 heavy (non-hydrogen) atoms. The Balaban J connectivity index is 0.00000420. The molecule has 0 unspecified atom stereocenters. The molecule has 3 N–H and O–H groups in total. The van der Waals surface area contributed by atoms with E-state index >= 15 is 0 Å². The molecule has 2 rings (SSSR count).